The summed E-state index contributed by atoms with van der Waals surface area (Å²) in [6, 6.07) is 7.30. The van der Waals surface area contributed by atoms with Crippen LogP contribution >= 0.6 is 0 Å². The molecule has 1 unspecified atom stereocenters. The molecule has 1 aromatic rings. The second-order valence-electron chi connectivity index (χ2n) is 2.59. The van der Waals surface area contributed by atoms with Crippen LogP contribution in [-0.4, -0.2) is 5.11 Å². The monoisotopic (exact) mass is 181 g/mol. The van der Waals surface area contributed by atoms with Gasteiger partial charge in [0.25, 0.3) is 0 Å². The molecule has 74 valence electrons. The predicted molar refractivity (Wildman–Crippen MR) is 57.5 cm³/mol. The first-order valence-corrected chi connectivity index (χ1v) is 4.77. The van der Waals surface area contributed by atoms with Gasteiger partial charge in [-0.15, -0.1) is 0 Å². The average Bonchev–Trinajstić information content (AvgIpc) is 2.21. The Morgan fingerprint density at radius 1 is 1.23 bits per heavy atom. The lowest BCUT2D eigenvalue weighted by molar-refractivity contribution is 0.173. The number of hydrogen-bond donors (Lipinski definition) is 2. The minimum atomic E-state index is -0.351. The minimum Gasteiger partial charge on any atom is -0.399 e. The Bertz CT molecular complexity index is 218. The third kappa shape index (κ3) is 3.95. The number of nitrogens with two attached hydrogens (primary N) is 1. The van der Waals surface area contributed by atoms with Crippen LogP contribution < -0.4 is 5.73 Å². The lowest BCUT2D eigenvalue weighted by Crippen LogP contribution is -1.94. The van der Waals surface area contributed by atoms with E-state index in [0.29, 0.717) is 0 Å². The van der Waals surface area contributed by atoms with E-state index in [9.17, 15) is 5.11 Å². The van der Waals surface area contributed by atoms with Crippen molar-refractivity contribution in [3.8, 4) is 0 Å². The van der Waals surface area contributed by atoms with Gasteiger partial charge in [-0.1, -0.05) is 32.9 Å². The van der Waals surface area contributed by atoms with Gasteiger partial charge in [0.2, 0.25) is 0 Å². The summed E-state index contributed by atoms with van der Waals surface area (Å²) in [5.41, 5.74) is 7.15. The molecule has 1 aromatic carbocycles. The van der Waals surface area contributed by atoms with Gasteiger partial charge in [-0.3, -0.25) is 0 Å². The molecule has 0 aliphatic heterocycles. The molecule has 0 fully saturated rings. The minimum absolute atomic E-state index is 0.351. The molecule has 0 aliphatic rings. The third-order valence-corrected chi connectivity index (χ3v) is 1.71. The summed E-state index contributed by atoms with van der Waals surface area (Å²) < 4.78 is 0. The maximum absolute atomic E-state index is 9.38. The predicted octanol–water partition coefficient (Wildman–Crippen LogP) is 2.74. The lowest BCUT2D eigenvalue weighted by atomic mass is 10.1. The van der Waals surface area contributed by atoms with Gasteiger partial charge in [-0.05, 0) is 24.1 Å². The second kappa shape index (κ2) is 6.49. The zero-order chi connectivity index (χ0) is 10.3. The van der Waals surface area contributed by atoms with Crippen LogP contribution in [0.25, 0.3) is 0 Å². The van der Waals surface area contributed by atoms with E-state index in [1.807, 2.05) is 32.9 Å². The molecular formula is C11H19NO. The summed E-state index contributed by atoms with van der Waals surface area (Å²) in [4.78, 5) is 0. The fourth-order valence-electron chi connectivity index (χ4n) is 0.954. The molecule has 0 radical (unpaired) electrons. The molecule has 0 spiro atoms. The average molecular weight is 181 g/mol. The molecule has 0 aliphatic carbocycles. The summed E-state index contributed by atoms with van der Waals surface area (Å²) in [6.45, 7) is 5.95. The van der Waals surface area contributed by atoms with Gasteiger partial charge < -0.3 is 10.8 Å². The zero-order valence-corrected chi connectivity index (χ0v) is 8.62. The highest BCUT2D eigenvalue weighted by molar-refractivity contribution is 5.39. The van der Waals surface area contributed by atoms with Crippen LogP contribution in [-0.2, 0) is 0 Å². The van der Waals surface area contributed by atoms with Crippen LogP contribution in [0, 0.1) is 0 Å². The second-order valence-corrected chi connectivity index (χ2v) is 2.59. The van der Waals surface area contributed by atoms with Crippen LogP contribution in [0.15, 0.2) is 24.3 Å². The first-order chi connectivity index (χ1) is 6.24. The molecule has 0 aromatic heterocycles. The van der Waals surface area contributed by atoms with Crippen LogP contribution in [0.3, 0.4) is 0 Å². The maximum atomic E-state index is 9.38. The fourth-order valence-corrected chi connectivity index (χ4v) is 0.954. The van der Waals surface area contributed by atoms with Crippen molar-refractivity contribution >= 4 is 5.69 Å². The largest absolute Gasteiger partial charge is 0.399 e. The highest BCUT2D eigenvalue weighted by atomic mass is 16.3. The number of hydrogen-bond acceptors (Lipinski definition) is 2. The van der Waals surface area contributed by atoms with E-state index in [-0.39, 0.29) is 6.10 Å². The number of rotatable bonds is 2. The molecule has 1 rings (SSSR count). The summed E-state index contributed by atoms with van der Waals surface area (Å²) in [6.07, 6.45) is 0.389. The molecule has 13 heavy (non-hydrogen) atoms. The molecule has 0 saturated carbocycles. The molecular weight excluding hydrogens is 162 g/mol. The summed E-state index contributed by atoms with van der Waals surface area (Å²) in [5, 5.41) is 9.38. The number of nitrogen functional groups attached to an aromatic ring is 1. The highest BCUT2D eigenvalue weighted by Gasteiger charge is 2.02. The normalized spacial score (nSPS) is 11.4. The zero-order valence-electron chi connectivity index (χ0n) is 8.62. The maximum Gasteiger partial charge on any atom is 0.0787 e. The SMILES string of the molecule is CC.CCC(O)c1ccc(N)cc1. The van der Waals surface area contributed by atoms with Crippen LogP contribution in [0.1, 0.15) is 38.9 Å². The van der Waals surface area contributed by atoms with E-state index in [1.165, 1.54) is 0 Å². The quantitative estimate of drug-likeness (QED) is 0.689. The number of anilines is 1. The molecule has 0 heterocycles. The Kier molecular flexibility index (Phi) is 5.98. The molecule has 1 atom stereocenters. The van der Waals surface area contributed by atoms with E-state index in [0.717, 1.165) is 17.7 Å². The smallest absolute Gasteiger partial charge is 0.0787 e. The van der Waals surface area contributed by atoms with Crippen molar-refractivity contribution in [3.63, 3.8) is 0 Å². The van der Waals surface area contributed by atoms with Crippen molar-refractivity contribution < 1.29 is 5.11 Å². The van der Waals surface area contributed by atoms with Crippen molar-refractivity contribution in [1.82, 2.24) is 0 Å². The first kappa shape index (κ1) is 12.0. The Hall–Kier alpha value is -1.02. The van der Waals surface area contributed by atoms with Gasteiger partial charge in [0, 0.05) is 5.69 Å². The lowest BCUT2D eigenvalue weighted by Gasteiger charge is -2.06. The van der Waals surface area contributed by atoms with Crippen molar-refractivity contribution in [2.75, 3.05) is 5.73 Å². The van der Waals surface area contributed by atoms with E-state index in [1.54, 1.807) is 12.1 Å². The van der Waals surface area contributed by atoms with Gasteiger partial charge in [-0.25, -0.2) is 0 Å². The Balaban J connectivity index is 0.000000671. The first-order valence-electron chi connectivity index (χ1n) is 4.77. The van der Waals surface area contributed by atoms with Crippen molar-refractivity contribution in [1.29, 1.82) is 0 Å². The van der Waals surface area contributed by atoms with Gasteiger partial charge in [0.05, 0.1) is 6.10 Å². The summed E-state index contributed by atoms with van der Waals surface area (Å²) in [7, 11) is 0. The van der Waals surface area contributed by atoms with Crippen molar-refractivity contribution in [2.45, 2.75) is 33.3 Å². The highest BCUT2D eigenvalue weighted by Crippen LogP contribution is 2.16. The van der Waals surface area contributed by atoms with E-state index >= 15 is 0 Å². The summed E-state index contributed by atoms with van der Waals surface area (Å²) >= 11 is 0. The topological polar surface area (TPSA) is 46.2 Å². The summed E-state index contributed by atoms with van der Waals surface area (Å²) in [5.74, 6) is 0. The van der Waals surface area contributed by atoms with Crippen molar-refractivity contribution in [2.24, 2.45) is 0 Å². The van der Waals surface area contributed by atoms with Gasteiger partial charge in [-0.2, -0.15) is 0 Å². The Morgan fingerprint density at radius 2 is 1.69 bits per heavy atom. The Morgan fingerprint density at radius 3 is 2.08 bits per heavy atom. The van der Waals surface area contributed by atoms with E-state index in [2.05, 4.69) is 0 Å². The molecule has 0 saturated heterocycles. The molecule has 0 amide bonds. The number of aliphatic hydroxyl groups excluding tert-OH is 1. The molecule has 2 heteroatoms. The van der Waals surface area contributed by atoms with Gasteiger partial charge >= 0.3 is 0 Å². The van der Waals surface area contributed by atoms with Crippen LogP contribution in [0.2, 0.25) is 0 Å². The van der Waals surface area contributed by atoms with Gasteiger partial charge in [0.1, 0.15) is 0 Å². The van der Waals surface area contributed by atoms with E-state index < -0.39 is 0 Å². The van der Waals surface area contributed by atoms with Crippen LogP contribution in [0.5, 0.6) is 0 Å². The molecule has 3 N–H and O–H groups in total. The number of benzene rings is 1. The molecule has 0 bridgehead atoms. The number of aliphatic hydroxyl groups is 1. The van der Waals surface area contributed by atoms with Crippen LogP contribution in [0.4, 0.5) is 5.69 Å². The molecule has 2 nitrogen and oxygen atoms in total. The fraction of sp³-hybridized carbons (Fsp3) is 0.455. The van der Waals surface area contributed by atoms with Crippen molar-refractivity contribution in [3.05, 3.63) is 29.8 Å². The van der Waals surface area contributed by atoms with E-state index in [4.69, 9.17) is 5.73 Å². The van der Waals surface area contributed by atoms with Gasteiger partial charge in [0.15, 0.2) is 0 Å². The standard InChI is InChI=1S/C9H13NO.C2H6/c1-2-9(11)7-3-5-8(10)6-4-7;1-2/h3-6,9,11H,2,10H2,1H3;1-2H3. The third-order valence-electron chi connectivity index (χ3n) is 1.71. The Labute approximate surface area is 80.4 Å².